The van der Waals surface area contributed by atoms with Gasteiger partial charge in [0.05, 0.1) is 0 Å². The fourth-order valence-electron chi connectivity index (χ4n) is 3.11. The molecular weight excluding hydrogens is 380 g/mol. The number of esters is 1. The minimum atomic E-state index is -0.582. The van der Waals surface area contributed by atoms with Crippen LogP contribution in [0.25, 0.3) is 10.9 Å². The molecule has 0 saturated heterocycles. The summed E-state index contributed by atoms with van der Waals surface area (Å²) >= 11 is 0. The van der Waals surface area contributed by atoms with Gasteiger partial charge in [-0.3, -0.25) is 4.79 Å². The fraction of sp³-hybridized carbons (Fsp3) is 0.333. The number of para-hydroxylation sites is 1. The van der Waals surface area contributed by atoms with Gasteiger partial charge in [0, 0.05) is 23.6 Å². The predicted molar refractivity (Wildman–Crippen MR) is 117 cm³/mol. The van der Waals surface area contributed by atoms with Gasteiger partial charge < -0.3 is 19.8 Å². The molecule has 6 heteroatoms. The Balaban J connectivity index is 1.35. The number of hydrogen-bond donors (Lipinski definition) is 2. The first-order valence-corrected chi connectivity index (χ1v) is 10.0. The van der Waals surface area contributed by atoms with E-state index in [1.54, 1.807) is 0 Å². The molecule has 0 aliphatic rings. The van der Waals surface area contributed by atoms with E-state index in [0.29, 0.717) is 18.7 Å². The Morgan fingerprint density at radius 1 is 1.00 bits per heavy atom. The minimum Gasteiger partial charge on any atom is -0.482 e. The summed E-state index contributed by atoms with van der Waals surface area (Å²) in [6.07, 6.45) is 2.64. The maximum atomic E-state index is 11.9. The van der Waals surface area contributed by atoms with E-state index in [-0.39, 0.29) is 24.5 Å². The molecule has 2 N–H and O–H groups in total. The van der Waals surface area contributed by atoms with Crippen LogP contribution in [-0.2, 0) is 26.2 Å². The van der Waals surface area contributed by atoms with Gasteiger partial charge in [-0.15, -0.1) is 0 Å². The van der Waals surface area contributed by atoms with Crippen LogP contribution in [0.2, 0.25) is 0 Å². The van der Waals surface area contributed by atoms with E-state index in [4.69, 9.17) is 9.47 Å². The van der Waals surface area contributed by atoms with E-state index in [2.05, 4.69) is 31.1 Å². The molecule has 3 rings (SSSR count). The third-order valence-corrected chi connectivity index (χ3v) is 4.83. The van der Waals surface area contributed by atoms with Gasteiger partial charge in [0.2, 0.25) is 0 Å². The molecule has 0 spiro atoms. The lowest BCUT2D eigenvalue weighted by atomic mass is 9.87. The average Bonchev–Trinajstić information content (AvgIpc) is 3.13. The fourth-order valence-corrected chi connectivity index (χ4v) is 3.11. The smallest absolute Gasteiger partial charge is 0.344 e. The molecule has 0 unspecified atom stereocenters. The Kier molecular flexibility index (Phi) is 6.77. The molecule has 6 nitrogen and oxygen atoms in total. The lowest BCUT2D eigenvalue weighted by Gasteiger charge is -2.19. The summed E-state index contributed by atoms with van der Waals surface area (Å²) in [6.45, 7) is 6.30. The molecule has 2 aromatic carbocycles. The highest BCUT2D eigenvalue weighted by atomic mass is 16.6. The second-order valence-electron chi connectivity index (χ2n) is 8.18. The van der Waals surface area contributed by atoms with Gasteiger partial charge >= 0.3 is 5.97 Å². The van der Waals surface area contributed by atoms with Gasteiger partial charge in [-0.2, -0.15) is 0 Å². The van der Waals surface area contributed by atoms with Crippen molar-refractivity contribution in [2.45, 2.75) is 32.6 Å². The summed E-state index contributed by atoms with van der Waals surface area (Å²) in [5.41, 5.74) is 3.44. The topological polar surface area (TPSA) is 80.4 Å². The maximum Gasteiger partial charge on any atom is 0.344 e. The number of fused-ring (bicyclic) bond motifs is 1. The van der Waals surface area contributed by atoms with Gasteiger partial charge in [-0.1, -0.05) is 51.1 Å². The number of H-pyrrole nitrogens is 1. The lowest BCUT2D eigenvalue weighted by molar-refractivity contribution is -0.150. The molecule has 0 aliphatic heterocycles. The molecule has 1 aromatic heterocycles. The van der Waals surface area contributed by atoms with Crippen molar-refractivity contribution in [3.8, 4) is 5.75 Å². The van der Waals surface area contributed by atoms with Crippen LogP contribution >= 0.6 is 0 Å². The van der Waals surface area contributed by atoms with Crippen LogP contribution in [0, 0.1) is 0 Å². The predicted octanol–water partition coefficient (Wildman–Crippen LogP) is 3.75. The second kappa shape index (κ2) is 9.48. The maximum absolute atomic E-state index is 11.9. The summed E-state index contributed by atoms with van der Waals surface area (Å²) in [5.74, 6) is -0.331. The lowest BCUT2D eigenvalue weighted by Crippen LogP contribution is -2.31. The first-order valence-electron chi connectivity index (χ1n) is 10.0. The number of ether oxygens (including phenoxy) is 2. The highest BCUT2D eigenvalue weighted by Crippen LogP contribution is 2.24. The average molecular weight is 408 g/mol. The zero-order chi connectivity index (χ0) is 21.6. The van der Waals surface area contributed by atoms with Crippen LogP contribution in [0.15, 0.2) is 54.7 Å². The third kappa shape index (κ3) is 5.86. The summed E-state index contributed by atoms with van der Waals surface area (Å²) in [4.78, 5) is 26.9. The number of benzene rings is 2. The first-order chi connectivity index (χ1) is 14.3. The molecule has 1 heterocycles. The largest absolute Gasteiger partial charge is 0.482 e. The Bertz CT molecular complexity index is 1000. The Labute approximate surface area is 176 Å². The quantitative estimate of drug-likeness (QED) is 0.557. The highest BCUT2D eigenvalue weighted by Gasteiger charge is 2.13. The van der Waals surface area contributed by atoms with Crippen LogP contribution in [0.5, 0.6) is 5.75 Å². The van der Waals surface area contributed by atoms with E-state index in [1.807, 2.05) is 54.7 Å². The number of nitrogens with one attached hydrogen (secondary N) is 2. The minimum absolute atomic E-state index is 0.0546. The van der Waals surface area contributed by atoms with Crippen LogP contribution < -0.4 is 10.1 Å². The van der Waals surface area contributed by atoms with Gasteiger partial charge in [-0.05, 0) is 41.2 Å². The number of rotatable bonds is 8. The van der Waals surface area contributed by atoms with Crippen LogP contribution in [-0.4, -0.2) is 36.6 Å². The number of carbonyl (C=O) groups excluding carboxylic acids is 2. The van der Waals surface area contributed by atoms with Crippen molar-refractivity contribution in [3.63, 3.8) is 0 Å². The van der Waals surface area contributed by atoms with Crippen molar-refractivity contribution in [2.24, 2.45) is 0 Å². The molecule has 0 radical (unpaired) electrons. The number of carbonyl (C=O) groups is 2. The Morgan fingerprint density at radius 3 is 2.47 bits per heavy atom. The van der Waals surface area contributed by atoms with Crippen molar-refractivity contribution in [1.82, 2.24) is 10.3 Å². The second-order valence-corrected chi connectivity index (χ2v) is 8.18. The third-order valence-electron chi connectivity index (χ3n) is 4.83. The van der Waals surface area contributed by atoms with Crippen molar-refractivity contribution in [1.29, 1.82) is 0 Å². The van der Waals surface area contributed by atoms with Crippen LogP contribution in [0.1, 0.15) is 31.9 Å². The molecule has 0 aliphatic carbocycles. The molecule has 30 heavy (non-hydrogen) atoms. The van der Waals surface area contributed by atoms with Gasteiger partial charge in [0.1, 0.15) is 5.75 Å². The molecule has 0 atom stereocenters. The van der Waals surface area contributed by atoms with E-state index in [0.717, 1.165) is 16.5 Å². The van der Waals surface area contributed by atoms with Crippen molar-refractivity contribution in [2.75, 3.05) is 19.8 Å². The molecule has 3 aromatic rings. The standard InChI is InChI=1S/C24H28N2O4/c1-24(2,3)18-8-10-19(11-9-18)29-16-23(28)30-15-22(27)25-13-12-17-14-26-21-7-5-4-6-20(17)21/h4-11,14,26H,12-13,15-16H2,1-3H3,(H,25,27). The molecule has 158 valence electrons. The van der Waals surface area contributed by atoms with Gasteiger partial charge in [0.15, 0.2) is 13.2 Å². The highest BCUT2D eigenvalue weighted by molar-refractivity contribution is 5.83. The summed E-state index contributed by atoms with van der Waals surface area (Å²) in [6, 6.07) is 15.6. The van der Waals surface area contributed by atoms with E-state index < -0.39 is 5.97 Å². The number of amides is 1. The van der Waals surface area contributed by atoms with Crippen molar-refractivity contribution < 1.29 is 19.1 Å². The molecule has 0 fully saturated rings. The first kappa shape index (κ1) is 21.4. The zero-order valence-electron chi connectivity index (χ0n) is 17.7. The molecular formula is C24H28N2O4. The van der Waals surface area contributed by atoms with Crippen LogP contribution in [0.3, 0.4) is 0 Å². The molecule has 1 amide bonds. The normalized spacial score (nSPS) is 11.3. The SMILES string of the molecule is CC(C)(C)c1ccc(OCC(=O)OCC(=O)NCCc2c[nH]c3ccccc23)cc1. The van der Waals surface area contributed by atoms with Crippen molar-refractivity contribution >= 4 is 22.8 Å². The van der Waals surface area contributed by atoms with Crippen molar-refractivity contribution in [3.05, 3.63) is 65.9 Å². The van der Waals surface area contributed by atoms with E-state index >= 15 is 0 Å². The number of hydrogen-bond acceptors (Lipinski definition) is 4. The number of aromatic amines is 1. The molecule has 0 bridgehead atoms. The summed E-state index contributed by atoms with van der Waals surface area (Å²) in [5, 5.41) is 3.91. The Morgan fingerprint density at radius 2 is 1.73 bits per heavy atom. The number of aromatic nitrogens is 1. The zero-order valence-corrected chi connectivity index (χ0v) is 17.7. The monoisotopic (exact) mass is 408 g/mol. The van der Waals surface area contributed by atoms with E-state index in [9.17, 15) is 9.59 Å². The van der Waals surface area contributed by atoms with Crippen LogP contribution in [0.4, 0.5) is 0 Å². The summed E-state index contributed by atoms with van der Waals surface area (Å²) < 4.78 is 10.4. The Hall–Kier alpha value is -3.28. The van der Waals surface area contributed by atoms with E-state index in [1.165, 1.54) is 5.56 Å². The molecule has 0 saturated carbocycles. The van der Waals surface area contributed by atoms with Gasteiger partial charge in [-0.25, -0.2) is 4.79 Å². The van der Waals surface area contributed by atoms with Gasteiger partial charge in [0.25, 0.3) is 5.91 Å². The summed E-state index contributed by atoms with van der Waals surface area (Å²) in [7, 11) is 0.